The number of aromatic amines is 2. The van der Waals surface area contributed by atoms with E-state index >= 15 is 0 Å². The van der Waals surface area contributed by atoms with Crippen LogP contribution in [0.15, 0.2) is 122 Å². The van der Waals surface area contributed by atoms with E-state index in [0.717, 1.165) is 84.8 Å². The molecule has 8 aromatic rings. The number of nitrogens with zero attached hydrogens (tertiary/aromatic N) is 6. The van der Waals surface area contributed by atoms with Crippen LogP contribution in [-0.2, 0) is 0 Å². The smallest absolute Gasteiger partial charge is 0.241 e. The standard InChI is InChI=1S/2C24H22N4O3/c2*29-17-9-5-15(6-10-17)21-24(26-14-13-25-21)31-18-11-7-16(8-12-18)22(30)23-27-19-3-1-2-4-20(19)28-23/h2*1-4,7-8,11-15,17,29H,5-6,9-10H2,(H,27,28). The molecule has 0 amide bonds. The summed E-state index contributed by atoms with van der Waals surface area (Å²) in [7, 11) is 0. The molecule has 2 aliphatic rings. The number of ether oxygens (including phenoxy) is 2. The average Bonchev–Trinajstić information content (AvgIpc) is 3.96. The van der Waals surface area contributed by atoms with Crippen molar-refractivity contribution in [3.63, 3.8) is 0 Å². The molecule has 0 atom stereocenters. The van der Waals surface area contributed by atoms with Crippen LogP contribution in [-0.4, -0.2) is 73.9 Å². The van der Waals surface area contributed by atoms with Crippen LogP contribution < -0.4 is 9.47 Å². The second kappa shape index (κ2) is 18.2. The summed E-state index contributed by atoms with van der Waals surface area (Å²) >= 11 is 0. The van der Waals surface area contributed by atoms with Gasteiger partial charge in [0.1, 0.15) is 22.9 Å². The van der Waals surface area contributed by atoms with E-state index in [1.807, 2.05) is 48.5 Å². The van der Waals surface area contributed by atoms with Crippen molar-refractivity contribution >= 4 is 33.6 Å². The van der Waals surface area contributed by atoms with Crippen molar-refractivity contribution in [2.75, 3.05) is 0 Å². The van der Waals surface area contributed by atoms with Crippen molar-refractivity contribution in [1.29, 1.82) is 0 Å². The van der Waals surface area contributed by atoms with E-state index in [1.54, 1.807) is 73.3 Å². The summed E-state index contributed by atoms with van der Waals surface area (Å²) in [5.41, 5.74) is 5.85. The van der Waals surface area contributed by atoms with Crippen molar-refractivity contribution < 1.29 is 29.3 Å². The van der Waals surface area contributed by atoms with Gasteiger partial charge in [0, 0.05) is 47.8 Å². The Labute approximate surface area is 356 Å². The molecule has 10 rings (SSSR count). The first-order valence-corrected chi connectivity index (χ1v) is 20.9. The lowest BCUT2D eigenvalue weighted by molar-refractivity contribution is 0.102. The Morgan fingerprint density at radius 3 is 1.24 bits per heavy atom. The van der Waals surface area contributed by atoms with Crippen molar-refractivity contribution in [3.8, 4) is 23.3 Å². The third-order valence-corrected chi connectivity index (χ3v) is 11.4. The maximum absolute atomic E-state index is 12.8. The Bertz CT molecular complexity index is 2550. The minimum absolute atomic E-state index is 0.177. The van der Waals surface area contributed by atoms with Crippen LogP contribution in [0.1, 0.15) is 107 Å². The number of carbonyl (C=O) groups is 2. The summed E-state index contributed by atoms with van der Waals surface area (Å²) < 4.78 is 12.0. The highest BCUT2D eigenvalue weighted by molar-refractivity contribution is 6.08. The summed E-state index contributed by atoms with van der Waals surface area (Å²) in [5, 5.41) is 19.5. The number of hydrogen-bond acceptors (Lipinski definition) is 12. The third-order valence-electron chi connectivity index (χ3n) is 11.4. The van der Waals surface area contributed by atoms with E-state index in [9.17, 15) is 19.8 Å². The lowest BCUT2D eigenvalue weighted by Gasteiger charge is -2.25. The Morgan fingerprint density at radius 1 is 0.484 bits per heavy atom. The van der Waals surface area contributed by atoms with Gasteiger partial charge in [0.15, 0.2) is 11.6 Å². The maximum Gasteiger partial charge on any atom is 0.241 e. The zero-order valence-corrected chi connectivity index (χ0v) is 33.7. The number of para-hydroxylation sites is 4. The molecule has 62 heavy (non-hydrogen) atoms. The van der Waals surface area contributed by atoms with E-state index in [2.05, 4.69) is 39.9 Å². The molecule has 14 heteroatoms. The first-order chi connectivity index (χ1) is 30.3. The Morgan fingerprint density at radius 2 is 0.855 bits per heavy atom. The molecule has 4 aromatic heterocycles. The number of rotatable bonds is 10. The van der Waals surface area contributed by atoms with E-state index in [4.69, 9.17) is 9.47 Å². The largest absolute Gasteiger partial charge is 0.437 e. The molecule has 0 spiro atoms. The molecule has 0 saturated heterocycles. The van der Waals surface area contributed by atoms with E-state index < -0.39 is 0 Å². The SMILES string of the molecule is O=C(c1ccc(Oc2nccnc2C2CCC(O)CC2)cc1)c1nc2ccccc2[nH]1.O=C(c1ccc(Oc2nccnc2C2CCC(O)CC2)cc1)c1nc2ccccc2[nH]1. The predicted molar refractivity (Wildman–Crippen MR) is 231 cm³/mol. The normalized spacial score (nSPS) is 18.7. The fourth-order valence-corrected chi connectivity index (χ4v) is 8.05. The molecule has 0 aliphatic heterocycles. The second-order valence-electron chi connectivity index (χ2n) is 15.6. The second-order valence-corrected chi connectivity index (χ2v) is 15.6. The number of fused-ring (bicyclic) bond motifs is 2. The zero-order chi connectivity index (χ0) is 42.4. The fourth-order valence-electron chi connectivity index (χ4n) is 8.05. The number of aliphatic hydroxyl groups is 2. The van der Waals surface area contributed by atoms with Crippen LogP contribution in [0.2, 0.25) is 0 Å². The van der Waals surface area contributed by atoms with Crippen molar-refractivity contribution in [1.82, 2.24) is 39.9 Å². The van der Waals surface area contributed by atoms with E-state index in [-0.39, 0.29) is 35.6 Å². The first-order valence-electron chi connectivity index (χ1n) is 20.9. The lowest BCUT2D eigenvalue weighted by atomic mass is 9.85. The number of ketones is 2. The van der Waals surface area contributed by atoms with Crippen LogP contribution in [0.25, 0.3) is 22.1 Å². The number of aromatic nitrogens is 8. The number of aliphatic hydroxyl groups excluding tert-OH is 2. The number of benzene rings is 4. The van der Waals surface area contributed by atoms with Gasteiger partial charge in [0.25, 0.3) is 0 Å². The highest BCUT2D eigenvalue weighted by Crippen LogP contribution is 2.38. The molecule has 4 heterocycles. The summed E-state index contributed by atoms with van der Waals surface area (Å²) in [6.07, 6.45) is 12.6. The van der Waals surface area contributed by atoms with Gasteiger partial charge >= 0.3 is 0 Å². The topological polar surface area (TPSA) is 202 Å². The van der Waals surface area contributed by atoms with Gasteiger partial charge in [-0.15, -0.1) is 0 Å². The molecule has 0 unspecified atom stereocenters. The van der Waals surface area contributed by atoms with Gasteiger partial charge in [-0.2, -0.15) is 0 Å². The molecular weight excluding hydrogens is 785 g/mol. The number of carbonyl (C=O) groups excluding carboxylic acids is 2. The van der Waals surface area contributed by atoms with Crippen molar-refractivity contribution in [2.45, 2.75) is 75.4 Å². The molecule has 4 N–H and O–H groups in total. The van der Waals surface area contributed by atoms with Crippen LogP contribution in [0.3, 0.4) is 0 Å². The van der Waals surface area contributed by atoms with Crippen LogP contribution >= 0.6 is 0 Å². The zero-order valence-electron chi connectivity index (χ0n) is 33.7. The summed E-state index contributed by atoms with van der Waals surface area (Å²) in [4.78, 5) is 58.2. The Hall–Kier alpha value is -7.16. The minimum atomic E-state index is -0.228. The average molecular weight is 829 g/mol. The Balaban J connectivity index is 0.000000158. The van der Waals surface area contributed by atoms with Gasteiger partial charge in [0.05, 0.1) is 34.3 Å². The molecule has 2 aliphatic carbocycles. The van der Waals surface area contributed by atoms with E-state index in [1.165, 1.54) is 0 Å². The highest BCUT2D eigenvalue weighted by Gasteiger charge is 2.27. The van der Waals surface area contributed by atoms with Gasteiger partial charge in [-0.1, -0.05) is 24.3 Å². The predicted octanol–water partition coefficient (Wildman–Crippen LogP) is 8.79. The molecule has 4 aromatic carbocycles. The third kappa shape index (κ3) is 9.11. The van der Waals surface area contributed by atoms with Gasteiger partial charge in [0.2, 0.25) is 23.3 Å². The summed E-state index contributed by atoms with van der Waals surface area (Å²) in [6, 6.07) is 29.0. The summed E-state index contributed by atoms with van der Waals surface area (Å²) in [5.74, 6) is 2.82. The first kappa shape index (κ1) is 40.3. The number of hydrogen-bond donors (Lipinski definition) is 4. The molecule has 2 fully saturated rings. The molecule has 312 valence electrons. The monoisotopic (exact) mass is 828 g/mol. The van der Waals surface area contributed by atoms with Crippen LogP contribution in [0.5, 0.6) is 23.3 Å². The molecular formula is C48H44N8O6. The summed E-state index contributed by atoms with van der Waals surface area (Å²) in [6.45, 7) is 0. The molecule has 0 radical (unpaired) electrons. The Kier molecular flexibility index (Phi) is 11.8. The van der Waals surface area contributed by atoms with Gasteiger partial charge < -0.3 is 29.7 Å². The van der Waals surface area contributed by atoms with Crippen LogP contribution in [0, 0.1) is 0 Å². The van der Waals surface area contributed by atoms with Gasteiger partial charge in [-0.25, -0.2) is 19.9 Å². The lowest BCUT2D eigenvalue weighted by Crippen LogP contribution is -2.18. The quantitative estimate of drug-likeness (QED) is 0.0956. The highest BCUT2D eigenvalue weighted by atomic mass is 16.5. The van der Waals surface area contributed by atoms with Crippen molar-refractivity contribution in [3.05, 3.63) is 156 Å². The van der Waals surface area contributed by atoms with Gasteiger partial charge in [-0.05, 0) is 124 Å². The number of H-pyrrole nitrogens is 2. The van der Waals surface area contributed by atoms with Crippen LogP contribution in [0.4, 0.5) is 0 Å². The van der Waals surface area contributed by atoms with Gasteiger partial charge in [-0.3, -0.25) is 19.6 Å². The molecule has 0 bridgehead atoms. The minimum Gasteiger partial charge on any atom is -0.437 e. The maximum atomic E-state index is 12.8. The molecule has 14 nitrogen and oxygen atoms in total. The van der Waals surface area contributed by atoms with Crippen molar-refractivity contribution in [2.24, 2.45) is 0 Å². The molecule has 2 saturated carbocycles. The number of nitrogens with one attached hydrogen (secondary N) is 2. The van der Waals surface area contributed by atoms with E-state index in [0.29, 0.717) is 46.0 Å². The number of imidazole rings is 2. The fraction of sp³-hybridized carbons (Fsp3) is 0.250.